The molecule has 34 heavy (non-hydrogen) atoms. The Morgan fingerprint density at radius 3 is 1.03 bits per heavy atom. The number of allylic oxidation sites excluding steroid dienone is 10. The summed E-state index contributed by atoms with van der Waals surface area (Å²) >= 11 is 0. The maximum Gasteiger partial charge on any atom is -0.00302 e. The monoisotopic (exact) mass is 456 g/mol. The number of rotatable bonds is 4. The molecule has 0 atom stereocenters. The topological polar surface area (TPSA) is 0 Å². The minimum Gasteiger partial charge on any atom is -0.0836 e. The van der Waals surface area contributed by atoms with E-state index in [0.29, 0.717) is 0 Å². The molecule has 4 rings (SSSR count). The van der Waals surface area contributed by atoms with Gasteiger partial charge in [0.1, 0.15) is 0 Å². The van der Waals surface area contributed by atoms with Crippen molar-refractivity contribution in [3.05, 3.63) is 119 Å². The number of hydrogen-bond donors (Lipinski definition) is 0. The first-order valence-corrected chi connectivity index (χ1v) is 13.5. The van der Waals surface area contributed by atoms with Crippen LogP contribution in [0.2, 0.25) is 0 Å². The minimum absolute atomic E-state index is 1.11. The van der Waals surface area contributed by atoms with Crippen LogP contribution in [0.3, 0.4) is 0 Å². The second-order valence-corrected chi connectivity index (χ2v) is 6.76. The van der Waals surface area contributed by atoms with Gasteiger partial charge in [0.05, 0.1) is 0 Å². The van der Waals surface area contributed by atoms with Crippen molar-refractivity contribution < 1.29 is 0 Å². The van der Waals surface area contributed by atoms with Crippen LogP contribution in [-0.2, 0) is 0 Å². The zero-order valence-corrected chi connectivity index (χ0v) is 23.1. The molecule has 0 radical (unpaired) electrons. The molecule has 0 spiro atoms. The molecule has 0 saturated heterocycles. The highest BCUT2D eigenvalue weighted by Gasteiger charge is 2.18. The van der Waals surface area contributed by atoms with Gasteiger partial charge in [0.2, 0.25) is 0 Å². The summed E-state index contributed by atoms with van der Waals surface area (Å²) in [7, 11) is 0. The summed E-state index contributed by atoms with van der Waals surface area (Å²) in [6.07, 6.45) is 18.4. The van der Waals surface area contributed by atoms with Crippen LogP contribution in [0, 0.1) is 0 Å². The highest BCUT2D eigenvalue weighted by molar-refractivity contribution is 6.06. The van der Waals surface area contributed by atoms with Crippen LogP contribution < -0.4 is 0 Å². The second-order valence-electron chi connectivity index (χ2n) is 6.76. The third kappa shape index (κ3) is 9.56. The van der Waals surface area contributed by atoms with Crippen molar-refractivity contribution in [3.63, 3.8) is 0 Å². The molecule has 0 amide bonds. The van der Waals surface area contributed by atoms with Gasteiger partial charge >= 0.3 is 0 Å². The smallest absolute Gasteiger partial charge is 0.00302 e. The quantitative estimate of drug-likeness (QED) is 0.401. The van der Waals surface area contributed by atoms with Gasteiger partial charge in [-0.25, -0.2) is 0 Å². The Kier molecular flexibility index (Phi) is 19.0. The van der Waals surface area contributed by atoms with Crippen molar-refractivity contribution in [1.82, 2.24) is 0 Å². The van der Waals surface area contributed by atoms with E-state index in [1.165, 1.54) is 33.4 Å². The normalized spacial score (nSPS) is 14.0. The third-order valence-corrected chi connectivity index (χ3v) is 4.94. The van der Waals surface area contributed by atoms with Gasteiger partial charge in [0.15, 0.2) is 0 Å². The predicted molar refractivity (Wildman–Crippen MR) is 158 cm³/mol. The second kappa shape index (κ2) is 20.7. The van der Waals surface area contributed by atoms with Gasteiger partial charge in [0.25, 0.3) is 0 Å². The molecule has 2 aromatic carbocycles. The lowest BCUT2D eigenvalue weighted by Gasteiger charge is -2.21. The zero-order valence-electron chi connectivity index (χ0n) is 23.1. The van der Waals surface area contributed by atoms with Crippen molar-refractivity contribution in [2.45, 2.75) is 81.1 Å². The Morgan fingerprint density at radius 2 is 0.765 bits per heavy atom. The summed E-state index contributed by atoms with van der Waals surface area (Å²) in [6, 6.07) is 21.6. The molecular weight excluding hydrogens is 408 g/mol. The van der Waals surface area contributed by atoms with E-state index < -0.39 is 0 Å². The molecule has 0 saturated carbocycles. The molecule has 2 aliphatic carbocycles. The lowest BCUT2D eigenvalue weighted by atomic mass is 9.82. The molecule has 0 fully saturated rings. The Morgan fingerprint density at radius 1 is 0.441 bits per heavy atom. The molecule has 2 aromatic rings. The zero-order chi connectivity index (χ0) is 25.6. The molecule has 0 heteroatoms. The van der Waals surface area contributed by atoms with Gasteiger partial charge in [-0.3, -0.25) is 0 Å². The van der Waals surface area contributed by atoms with Crippen molar-refractivity contribution in [1.29, 1.82) is 0 Å². The molecule has 184 valence electrons. The van der Waals surface area contributed by atoms with Crippen LogP contribution in [0.4, 0.5) is 0 Å². The number of hydrogen-bond acceptors (Lipinski definition) is 0. The van der Waals surface area contributed by atoms with Gasteiger partial charge in [-0.2, -0.15) is 0 Å². The fourth-order valence-corrected chi connectivity index (χ4v) is 3.72. The molecule has 0 N–H and O–H groups in total. The first-order chi connectivity index (χ1) is 16.9. The maximum absolute atomic E-state index is 2.39. The van der Waals surface area contributed by atoms with E-state index in [4.69, 9.17) is 0 Å². The molecule has 0 unspecified atom stereocenters. The highest BCUT2D eigenvalue weighted by atomic mass is 14.2. The van der Waals surface area contributed by atoms with Gasteiger partial charge in [-0.05, 0) is 59.1 Å². The van der Waals surface area contributed by atoms with Crippen LogP contribution in [-0.4, -0.2) is 0 Å². The summed E-state index contributed by atoms with van der Waals surface area (Å²) in [5.41, 5.74) is 7.91. The summed E-state index contributed by atoms with van der Waals surface area (Å²) in [4.78, 5) is 0. The largest absolute Gasteiger partial charge is 0.0836 e. The average molecular weight is 457 g/mol. The van der Waals surface area contributed by atoms with E-state index in [1.54, 1.807) is 0 Å². The van der Waals surface area contributed by atoms with Gasteiger partial charge in [-0.15, -0.1) is 0 Å². The predicted octanol–water partition coefficient (Wildman–Crippen LogP) is 11.3. The van der Waals surface area contributed by atoms with Crippen molar-refractivity contribution in [2.75, 3.05) is 0 Å². The van der Waals surface area contributed by atoms with Crippen LogP contribution in [0.15, 0.2) is 108 Å². The van der Waals surface area contributed by atoms with Gasteiger partial charge in [-0.1, -0.05) is 153 Å². The van der Waals surface area contributed by atoms with Crippen molar-refractivity contribution in [3.8, 4) is 0 Å². The molecule has 0 aliphatic heterocycles. The summed E-state index contributed by atoms with van der Waals surface area (Å²) < 4.78 is 0. The lowest BCUT2D eigenvalue weighted by molar-refractivity contribution is 1.02. The lowest BCUT2D eigenvalue weighted by Crippen LogP contribution is -2.00. The third-order valence-electron chi connectivity index (χ3n) is 4.94. The van der Waals surface area contributed by atoms with Crippen LogP contribution in [0.1, 0.15) is 92.2 Å². The Balaban J connectivity index is 0.00000124. The Bertz CT molecular complexity index is 826. The van der Waals surface area contributed by atoms with E-state index in [2.05, 4.69) is 97.1 Å². The van der Waals surface area contributed by atoms with Crippen LogP contribution in [0.25, 0.3) is 11.1 Å². The van der Waals surface area contributed by atoms with Gasteiger partial charge in [0, 0.05) is 0 Å². The van der Waals surface area contributed by atoms with E-state index in [0.717, 1.165) is 25.7 Å². The van der Waals surface area contributed by atoms with E-state index in [-0.39, 0.29) is 0 Å². The first-order valence-electron chi connectivity index (χ1n) is 13.5. The van der Waals surface area contributed by atoms with Crippen molar-refractivity contribution in [2.24, 2.45) is 0 Å². The molecule has 2 aliphatic rings. The first kappa shape index (κ1) is 31.1. The molecule has 0 bridgehead atoms. The summed E-state index contributed by atoms with van der Waals surface area (Å²) in [5, 5.41) is 0. The van der Waals surface area contributed by atoms with Crippen LogP contribution in [0.5, 0.6) is 0 Å². The van der Waals surface area contributed by atoms with E-state index in [1.807, 2.05) is 55.4 Å². The molecule has 0 aromatic heterocycles. The van der Waals surface area contributed by atoms with Crippen LogP contribution >= 0.6 is 0 Å². The fourth-order valence-electron chi connectivity index (χ4n) is 3.72. The van der Waals surface area contributed by atoms with E-state index >= 15 is 0 Å². The van der Waals surface area contributed by atoms with Gasteiger partial charge < -0.3 is 0 Å². The fraction of sp³-hybridized carbons (Fsp3) is 0.353. The standard InChI is InChI=1S/C26H24.4C2H6/c1-5-13-21(14-6-1)25(22-15-7-2-8-16-22)26(23-17-9-3-10-18-23)24-19-11-4-12-20-24;4*1-2/h1,3,5-7,9-11,13-20H,2,4,8,12H2;4*1-2H3/b26-25-;;;;. The SMILES string of the molecule is C1=CC(/C(=C(\C2=CCCC=C2)c2ccccc2)c2ccccc2)=CCC1.CC.CC.CC.CC. The average Bonchev–Trinajstić information content (AvgIpc) is 2.98. The molecule has 0 nitrogen and oxygen atoms in total. The van der Waals surface area contributed by atoms with E-state index in [9.17, 15) is 0 Å². The molecular formula is C34H48. The summed E-state index contributed by atoms with van der Waals surface area (Å²) in [5.74, 6) is 0. The Labute approximate surface area is 211 Å². The van der Waals surface area contributed by atoms with Crippen molar-refractivity contribution >= 4 is 11.1 Å². The maximum atomic E-state index is 2.39. The molecule has 0 heterocycles. The minimum atomic E-state index is 1.11. The summed E-state index contributed by atoms with van der Waals surface area (Å²) in [6.45, 7) is 16.0. The highest BCUT2D eigenvalue weighted by Crippen LogP contribution is 2.39. The Hall–Kier alpha value is -2.86. The number of benzene rings is 2.